The van der Waals surface area contributed by atoms with Crippen LogP contribution in [0.5, 0.6) is 5.75 Å². The molecule has 5 heteroatoms. The van der Waals surface area contributed by atoms with Crippen LogP contribution in [-0.4, -0.2) is 18.2 Å². The van der Waals surface area contributed by atoms with Crippen LogP contribution in [0.4, 0.5) is 4.39 Å². The first-order valence-corrected chi connectivity index (χ1v) is 8.43. The molecule has 2 saturated carbocycles. The lowest BCUT2D eigenvalue weighted by atomic mass is 9.70. The number of benzene rings is 1. The summed E-state index contributed by atoms with van der Waals surface area (Å²) in [5, 5.41) is 4.27. The minimum absolute atomic E-state index is 0.160. The van der Waals surface area contributed by atoms with E-state index in [0.717, 1.165) is 30.4 Å². The van der Waals surface area contributed by atoms with Crippen molar-refractivity contribution < 1.29 is 13.9 Å². The molecule has 1 aromatic carbocycles. The van der Waals surface area contributed by atoms with Crippen LogP contribution < -0.4 is 10.2 Å². The topological polar surface area (TPSA) is 50.7 Å². The molecule has 0 radical (unpaired) electrons. The molecule has 0 spiro atoms. The summed E-state index contributed by atoms with van der Waals surface area (Å²) < 4.78 is 18.3. The van der Waals surface area contributed by atoms with E-state index in [0.29, 0.717) is 5.75 Å². The number of carbonyl (C=O) groups excluding carboxylic acids is 1. The second kappa shape index (κ2) is 7.57. The molecule has 23 heavy (non-hydrogen) atoms. The number of ether oxygens (including phenoxy) is 1. The minimum Gasteiger partial charge on any atom is -0.484 e. The van der Waals surface area contributed by atoms with Gasteiger partial charge in [-0.3, -0.25) is 4.79 Å². The summed E-state index contributed by atoms with van der Waals surface area (Å²) >= 11 is 0. The summed E-state index contributed by atoms with van der Waals surface area (Å²) in [6, 6.07) is 5.75. The molecule has 4 nitrogen and oxygen atoms in total. The lowest BCUT2D eigenvalue weighted by molar-refractivity contribution is -0.123. The van der Waals surface area contributed by atoms with E-state index in [9.17, 15) is 9.18 Å². The van der Waals surface area contributed by atoms with Crippen molar-refractivity contribution in [3.05, 3.63) is 30.1 Å². The van der Waals surface area contributed by atoms with Crippen LogP contribution in [0.15, 0.2) is 29.4 Å². The summed E-state index contributed by atoms with van der Waals surface area (Å²) in [6.45, 7) is -0.160. The first kappa shape index (κ1) is 16.0. The van der Waals surface area contributed by atoms with E-state index in [1.54, 1.807) is 12.1 Å². The lowest BCUT2D eigenvalue weighted by Gasteiger charge is -2.35. The van der Waals surface area contributed by atoms with E-state index in [-0.39, 0.29) is 18.3 Å². The van der Waals surface area contributed by atoms with Crippen molar-refractivity contribution in [3.8, 4) is 5.75 Å². The maximum Gasteiger partial charge on any atom is 0.277 e. The van der Waals surface area contributed by atoms with Gasteiger partial charge in [0.1, 0.15) is 11.6 Å². The molecule has 1 amide bonds. The van der Waals surface area contributed by atoms with Crippen LogP contribution in [0.1, 0.15) is 44.9 Å². The fraction of sp³-hybridized carbons (Fsp3) is 0.556. The number of nitrogens with one attached hydrogen (secondary N) is 1. The Balaban J connectivity index is 1.45. The molecule has 2 aliphatic carbocycles. The smallest absolute Gasteiger partial charge is 0.277 e. The van der Waals surface area contributed by atoms with Crippen molar-refractivity contribution in [2.45, 2.75) is 44.9 Å². The van der Waals surface area contributed by atoms with Crippen molar-refractivity contribution >= 4 is 11.6 Å². The number of halogens is 1. The Hall–Kier alpha value is -1.91. The summed E-state index contributed by atoms with van der Waals surface area (Å²) in [4.78, 5) is 11.8. The van der Waals surface area contributed by atoms with Gasteiger partial charge in [0.05, 0.1) is 0 Å². The molecule has 0 unspecified atom stereocenters. The van der Waals surface area contributed by atoms with Gasteiger partial charge in [0.2, 0.25) is 0 Å². The number of amides is 1. The molecular weight excluding hydrogens is 295 g/mol. The predicted molar refractivity (Wildman–Crippen MR) is 86.8 cm³/mol. The Morgan fingerprint density at radius 3 is 2.91 bits per heavy atom. The van der Waals surface area contributed by atoms with E-state index in [1.165, 1.54) is 44.2 Å². The first-order valence-electron chi connectivity index (χ1n) is 8.43. The van der Waals surface area contributed by atoms with Gasteiger partial charge in [-0.15, -0.1) is 0 Å². The van der Waals surface area contributed by atoms with Gasteiger partial charge in [0.15, 0.2) is 6.61 Å². The first-order chi connectivity index (χ1) is 11.2. The number of carbonyl (C=O) groups is 1. The maximum atomic E-state index is 13.0. The van der Waals surface area contributed by atoms with Crippen LogP contribution in [0.3, 0.4) is 0 Å². The molecule has 2 aliphatic rings. The molecule has 3 rings (SSSR count). The maximum absolute atomic E-state index is 13.0. The highest BCUT2D eigenvalue weighted by atomic mass is 19.1. The zero-order valence-electron chi connectivity index (χ0n) is 13.3. The Bertz CT molecular complexity index is 588. The van der Waals surface area contributed by atoms with E-state index in [4.69, 9.17) is 4.74 Å². The van der Waals surface area contributed by atoms with Gasteiger partial charge in [-0.1, -0.05) is 25.3 Å². The number of rotatable bonds is 4. The van der Waals surface area contributed by atoms with E-state index >= 15 is 0 Å². The highest BCUT2D eigenvalue weighted by Gasteiger charge is 2.30. The number of hydrazone groups is 1. The quantitative estimate of drug-likeness (QED) is 0.861. The van der Waals surface area contributed by atoms with Crippen molar-refractivity contribution in [3.63, 3.8) is 0 Å². The fourth-order valence-corrected chi connectivity index (χ4v) is 3.67. The molecule has 0 heterocycles. The number of nitrogens with zero attached hydrogens (tertiary/aromatic N) is 1. The lowest BCUT2D eigenvalue weighted by Crippen LogP contribution is -2.31. The third-order valence-corrected chi connectivity index (χ3v) is 4.87. The average Bonchev–Trinajstić information content (AvgIpc) is 2.58. The van der Waals surface area contributed by atoms with Crippen molar-refractivity contribution in [2.24, 2.45) is 16.9 Å². The Kier molecular flexibility index (Phi) is 5.26. The molecule has 2 atom stereocenters. The van der Waals surface area contributed by atoms with E-state index in [2.05, 4.69) is 10.5 Å². The minimum atomic E-state index is -0.382. The third-order valence-electron chi connectivity index (χ3n) is 4.87. The molecule has 2 fully saturated rings. The normalized spacial score (nSPS) is 25.7. The van der Waals surface area contributed by atoms with E-state index < -0.39 is 0 Å². The Labute approximate surface area is 136 Å². The van der Waals surface area contributed by atoms with Crippen LogP contribution in [-0.2, 0) is 4.79 Å². The van der Waals surface area contributed by atoms with Crippen LogP contribution in [0, 0.1) is 17.7 Å². The van der Waals surface area contributed by atoms with Crippen molar-refractivity contribution in [2.75, 3.05) is 6.61 Å². The predicted octanol–water partition coefficient (Wildman–Crippen LogP) is 3.67. The molecule has 0 bridgehead atoms. The molecule has 0 aliphatic heterocycles. The Morgan fingerprint density at radius 2 is 2.09 bits per heavy atom. The van der Waals surface area contributed by atoms with Gasteiger partial charge >= 0.3 is 0 Å². The molecule has 1 N–H and O–H groups in total. The van der Waals surface area contributed by atoms with Crippen molar-refractivity contribution in [1.82, 2.24) is 5.43 Å². The Morgan fingerprint density at radius 1 is 1.26 bits per heavy atom. The second-order valence-corrected chi connectivity index (χ2v) is 6.51. The zero-order valence-corrected chi connectivity index (χ0v) is 13.3. The molecular formula is C18H23FN2O2. The zero-order chi connectivity index (χ0) is 16.1. The van der Waals surface area contributed by atoms with Crippen LogP contribution in [0.2, 0.25) is 0 Å². The van der Waals surface area contributed by atoms with Crippen LogP contribution in [0.25, 0.3) is 0 Å². The largest absolute Gasteiger partial charge is 0.484 e. The molecule has 0 aromatic heterocycles. The fourth-order valence-electron chi connectivity index (χ4n) is 3.67. The number of hydrogen-bond donors (Lipinski definition) is 1. The van der Waals surface area contributed by atoms with Gasteiger partial charge in [-0.2, -0.15) is 5.10 Å². The van der Waals surface area contributed by atoms with E-state index in [1.807, 2.05) is 0 Å². The van der Waals surface area contributed by atoms with Gasteiger partial charge < -0.3 is 4.74 Å². The van der Waals surface area contributed by atoms with Gasteiger partial charge in [0, 0.05) is 11.8 Å². The number of hydrogen-bond acceptors (Lipinski definition) is 3. The monoisotopic (exact) mass is 318 g/mol. The third kappa shape index (κ3) is 4.53. The highest BCUT2D eigenvalue weighted by molar-refractivity contribution is 5.87. The standard InChI is InChI=1S/C18H23FN2O2/c19-15-6-3-7-17(11-15)23-12-18(22)21-20-16-9-8-13-4-1-2-5-14(13)10-16/h3,6-7,11,13-14H,1-2,4-5,8-10,12H2,(H,21,22)/b20-16-/t13-,14-/m0/s1. The van der Waals surface area contributed by atoms with Gasteiger partial charge in [0.25, 0.3) is 5.91 Å². The van der Waals surface area contributed by atoms with Crippen molar-refractivity contribution in [1.29, 1.82) is 0 Å². The van der Waals surface area contributed by atoms with Gasteiger partial charge in [-0.25, -0.2) is 9.82 Å². The molecule has 1 aromatic rings. The molecule has 124 valence electrons. The molecule has 0 saturated heterocycles. The van der Waals surface area contributed by atoms with Crippen LogP contribution >= 0.6 is 0 Å². The SMILES string of the molecule is O=C(COc1cccc(F)c1)N/N=C1/CC[C@@H]2CCCC[C@H]2C1. The number of fused-ring (bicyclic) bond motifs is 1. The summed E-state index contributed by atoms with van der Waals surface area (Å²) in [5.74, 6) is 1.25. The highest BCUT2D eigenvalue weighted by Crippen LogP contribution is 2.39. The summed E-state index contributed by atoms with van der Waals surface area (Å²) in [5.41, 5.74) is 3.65. The van der Waals surface area contributed by atoms with Gasteiger partial charge in [-0.05, 0) is 49.7 Å². The summed E-state index contributed by atoms with van der Waals surface area (Å²) in [7, 11) is 0. The summed E-state index contributed by atoms with van der Waals surface area (Å²) in [6.07, 6.45) is 8.51. The average molecular weight is 318 g/mol. The second-order valence-electron chi connectivity index (χ2n) is 6.51.